The molecule has 12 heavy (non-hydrogen) atoms. The number of hydrogen-bond acceptors (Lipinski definition) is 2. The van der Waals surface area contributed by atoms with E-state index in [4.69, 9.17) is 0 Å². The maximum Gasteiger partial charge on any atom is 0.261 e. The van der Waals surface area contributed by atoms with Crippen molar-refractivity contribution < 1.29 is 4.79 Å². The Morgan fingerprint density at radius 1 is 1.67 bits per heavy atom. The maximum absolute atomic E-state index is 11.3. The first-order valence-corrected chi connectivity index (χ1v) is 4.95. The zero-order valence-corrected chi connectivity index (χ0v) is 8.20. The van der Waals surface area contributed by atoms with E-state index in [0.29, 0.717) is 0 Å². The van der Waals surface area contributed by atoms with E-state index in [2.05, 4.69) is 5.32 Å². The van der Waals surface area contributed by atoms with Gasteiger partial charge >= 0.3 is 0 Å². The Kier molecular flexibility index (Phi) is 3.29. The highest BCUT2D eigenvalue weighted by molar-refractivity contribution is 7.12. The van der Waals surface area contributed by atoms with Crippen LogP contribution < -0.4 is 5.32 Å². The van der Waals surface area contributed by atoms with Gasteiger partial charge in [0.1, 0.15) is 0 Å². The minimum absolute atomic E-state index is 0.0509. The molecule has 1 aromatic rings. The Morgan fingerprint density at radius 2 is 2.42 bits per heavy atom. The molecule has 1 amide bonds. The number of carbonyl (C=O) groups excluding carboxylic acids is 1. The molecule has 0 aliphatic heterocycles. The van der Waals surface area contributed by atoms with E-state index >= 15 is 0 Å². The second-order valence-corrected chi connectivity index (χ2v) is 3.66. The van der Waals surface area contributed by atoms with Crippen molar-refractivity contribution in [2.45, 2.75) is 20.3 Å². The van der Waals surface area contributed by atoms with Gasteiger partial charge in [-0.05, 0) is 30.4 Å². The zero-order valence-electron chi connectivity index (χ0n) is 7.39. The Morgan fingerprint density at radius 3 is 2.92 bits per heavy atom. The molecule has 0 bridgehead atoms. The molecule has 0 unspecified atom stereocenters. The predicted octanol–water partition coefficient (Wildman–Crippen LogP) is 2.20. The van der Waals surface area contributed by atoms with Gasteiger partial charge in [0, 0.05) is 6.54 Å². The molecule has 3 heteroatoms. The van der Waals surface area contributed by atoms with E-state index in [1.807, 2.05) is 25.3 Å². The van der Waals surface area contributed by atoms with Gasteiger partial charge in [0.2, 0.25) is 0 Å². The molecule has 0 radical (unpaired) electrons. The first kappa shape index (κ1) is 9.26. The van der Waals surface area contributed by atoms with Gasteiger partial charge in [-0.15, -0.1) is 11.3 Å². The fraction of sp³-hybridized carbons (Fsp3) is 0.444. The van der Waals surface area contributed by atoms with Crippen LogP contribution in [0.2, 0.25) is 0 Å². The monoisotopic (exact) mass is 183 g/mol. The van der Waals surface area contributed by atoms with Crippen LogP contribution in [-0.2, 0) is 0 Å². The molecular formula is C9H13NOS. The van der Waals surface area contributed by atoms with Crippen LogP contribution in [0, 0.1) is 6.92 Å². The van der Waals surface area contributed by atoms with Crippen LogP contribution in [0.25, 0.3) is 0 Å². The van der Waals surface area contributed by atoms with Crippen LogP contribution in [0.3, 0.4) is 0 Å². The summed E-state index contributed by atoms with van der Waals surface area (Å²) in [6.45, 7) is 4.79. The molecule has 0 fully saturated rings. The van der Waals surface area contributed by atoms with Crippen molar-refractivity contribution in [3.63, 3.8) is 0 Å². The van der Waals surface area contributed by atoms with Gasteiger partial charge in [-0.3, -0.25) is 4.79 Å². The summed E-state index contributed by atoms with van der Waals surface area (Å²) in [4.78, 5) is 12.1. The molecule has 0 aromatic carbocycles. The van der Waals surface area contributed by atoms with E-state index < -0.39 is 0 Å². The minimum atomic E-state index is 0.0509. The molecule has 0 saturated carbocycles. The zero-order chi connectivity index (χ0) is 8.97. The molecule has 1 aromatic heterocycles. The van der Waals surface area contributed by atoms with Crippen molar-refractivity contribution in [1.29, 1.82) is 0 Å². The van der Waals surface area contributed by atoms with Gasteiger partial charge in [-0.1, -0.05) is 6.92 Å². The summed E-state index contributed by atoms with van der Waals surface area (Å²) >= 11 is 1.50. The summed E-state index contributed by atoms with van der Waals surface area (Å²) in [5.41, 5.74) is 1.15. The second-order valence-electron chi connectivity index (χ2n) is 2.74. The number of carbonyl (C=O) groups is 1. The number of amides is 1. The molecule has 0 atom stereocenters. The maximum atomic E-state index is 11.3. The quantitative estimate of drug-likeness (QED) is 0.764. The highest BCUT2D eigenvalue weighted by Gasteiger charge is 2.05. The van der Waals surface area contributed by atoms with Crippen LogP contribution in [-0.4, -0.2) is 12.5 Å². The molecule has 1 rings (SSSR count). The van der Waals surface area contributed by atoms with Crippen LogP contribution >= 0.6 is 11.3 Å². The third-order valence-electron chi connectivity index (χ3n) is 1.49. The molecule has 0 aliphatic rings. The second kappa shape index (κ2) is 4.26. The van der Waals surface area contributed by atoms with Gasteiger partial charge in [0.05, 0.1) is 4.88 Å². The Bertz CT molecular complexity index is 267. The predicted molar refractivity (Wildman–Crippen MR) is 51.7 cm³/mol. The number of thiophene rings is 1. The van der Waals surface area contributed by atoms with E-state index in [1.54, 1.807) is 0 Å². The Labute approximate surface area is 76.6 Å². The van der Waals surface area contributed by atoms with Crippen molar-refractivity contribution in [2.24, 2.45) is 0 Å². The summed E-state index contributed by atoms with van der Waals surface area (Å²) in [7, 11) is 0. The molecule has 2 nitrogen and oxygen atoms in total. The fourth-order valence-electron chi connectivity index (χ4n) is 0.876. The standard InChI is InChI=1S/C9H13NOS/c1-3-4-10-9(11)8-5-7(2)6-12-8/h5-6H,3-4H2,1-2H3,(H,10,11). The summed E-state index contributed by atoms with van der Waals surface area (Å²) < 4.78 is 0. The molecule has 66 valence electrons. The molecule has 1 N–H and O–H groups in total. The third kappa shape index (κ3) is 2.34. The first-order valence-electron chi connectivity index (χ1n) is 4.07. The number of rotatable bonds is 3. The summed E-state index contributed by atoms with van der Waals surface area (Å²) in [5.74, 6) is 0.0509. The van der Waals surface area contributed by atoms with Crippen LogP contribution in [0.1, 0.15) is 28.6 Å². The fourth-order valence-corrected chi connectivity index (χ4v) is 1.69. The van der Waals surface area contributed by atoms with Gasteiger partial charge < -0.3 is 5.32 Å². The summed E-state index contributed by atoms with van der Waals surface area (Å²) in [6, 6.07) is 1.91. The van der Waals surface area contributed by atoms with Crippen LogP contribution in [0.5, 0.6) is 0 Å². The van der Waals surface area contributed by atoms with Gasteiger partial charge in [-0.2, -0.15) is 0 Å². The molecule has 0 saturated heterocycles. The van der Waals surface area contributed by atoms with Crippen molar-refractivity contribution in [3.05, 3.63) is 21.9 Å². The van der Waals surface area contributed by atoms with Crippen molar-refractivity contribution in [2.75, 3.05) is 6.54 Å². The summed E-state index contributed by atoms with van der Waals surface area (Å²) in [5, 5.41) is 4.82. The third-order valence-corrected chi connectivity index (χ3v) is 2.54. The molecule has 0 spiro atoms. The van der Waals surface area contributed by atoms with E-state index in [-0.39, 0.29) is 5.91 Å². The van der Waals surface area contributed by atoms with Gasteiger partial charge in [0.15, 0.2) is 0 Å². The van der Waals surface area contributed by atoms with Crippen LogP contribution in [0.15, 0.2) is 11.4 Å². The van der Waals surface area contributed by atoms with Crippen molar-refractivity contribution in [1.82, 2.24) is 5.32 Å². The Balaban J connectivity index is 2.53. The smallest absolute Gasteiger partial charge is 0.261 e. The van der Waals surface area contributed by atoms with Gasteiger partial charge in [-0.25, -0.2) is 0 Å². The number of aryl methyl sites for hydroxylation is 1. The van der Waals surface area contributed by atoms with Crippen molar-refractivity contribution in [3.8, 4) is 0 Å². The lowest BCUT2D eigenvalue weighted by Gasteiger charge is -1.98. The van der Waals surface area contributed by atoms with E-state index in [0.717, 1.165) is 23.4 Å². The highest BCUT2D eigenvalue weighted by atomic mass is 32.1. The van der Waals surface area contributed by atoms with Crippen LogP contribution in [0.4, 0.5) is 0 Å². The lowest BCUT2D eigenvalue weighted by Crippen LogP contribution is -2.22. The lowest BCUT2D eigenvalue weighted by molar-refractivity contribution is 0.0957. The molecule has 1 heterocycles. The number of nitrogens with one attached hydrogen (secondary N) is 1. The molecule has 0 aliphatic carbocycles. The minimum Gasteiger partial charge on any atom is -0.351 e. The number of hydrogen-bond donors (Lipinski definition) is 1. The largest absolute Gasteiger partial charge is 0.351 e. The SMILES string of the molecule is CCCNC(=O)c1cc(C)cs1. The molecular weight excluding hydrogens is 170 g/mol. The normalized spacial score (nSPS) is 9.83. The highest BCUT2D eigenvalue weighted by Crippen LogP contribution is 2.12. The van der Waals surface area contributed by atoms with E-state index in [9.17, 15) is 4.79 Å². The van der Waals surface area contributed by atoms with Gasteiger partial charge in [0.25, 0.3) is 5.91 Å². The average Bonchev–Trinajstić information content (AvgIpc) is 2.47. The topological polar surface area (TPSA) is 29.1 Å². The lowest BCUT2D eigenvalue weighted by atomic mass is 10.3. The average molecular weight is 183 g/mol. The van der Waals surface area contributed by atoms with Crippen molar-refractivity contribution >= 4 is 17.2 Å². The van der Waals surface area contributed by atoms with E-state index in [1.165, 1.54) is 11.3 Å². The summed E-state index contributed by atoms with van der Waals surface area (Å²) in [6.07, 6.45) is 0.982. The Hall–Kier alpha value is -0.830. The first-order chi connectivity index (χ1) is 5.74.